The predicted octanol–water partition coefficient (Wildman–Crippen LogP) is 3.68. The number of amides is 1. The van der Waals surface area contributed by atoms with Gasteiger partial charge in [-0.3, -0.25) is 4.79 Å². The minimum absolute atomic E-state index is 0.0554. The van der Waals surface area contributed by atoms with Gasteiger partial charge in [-0.2, -0.15) is 0 Å². The number of pyridine rings is 1. The van der Waals surface area contributed by atoms with Gasteiger partial charge in [0.2, 0.25) is 5.91 Å². The minimum atomic E-state index is 0.0554. The van der Waals surface area contributed by atoms with E-state index in [9.17, 15) is 4.79 Å². The molecule has 1 N–H and O–H groups in total. The Kier molecular flexibility index (Phi) is 6.98. The molecule has 0 spiro atoms. The topological polar surface area (TPSA) is 61.4 Å². The predicted molar refractivity (Wildman–Crippen MR) is 119 cm³/mol. The summed E-state index contributed by atoms with van der Waals surface area (Å²) in [4.78, 5) is 27.5. The monoisotopic (exact) mass is 415 g/mol. The third kappa shape index (κ3) is 5.25. The molecule has 2 fully saturated rings. The van der Waals surface area contributed by atoms with E-state index in [4.69, 9.17) is 4.98 Å². The molecular formula is C22H33N5OS. The average molecular weight is 416 g/mol. The quantitative estimate of drug-likeness (QED) is 0.699. The smallest absolute Gasteiger partial charge is 0.224 e. The molecule has 1 saturated carbocycles. The minimum Gasteiger partial charge on any atom is -0.356 e. The van der Waals surface area contributed by atoms with Crippen molar-refractivity contribution in [2.24, 2.45) is 5.92 Å². The molecule has 1 amide bonds. The number of hydrogen-bond donors (Lipinski definition) is 1. The number of rotatable bonds is 7. The zero-order valence-electron chi connectivity index (χ0n) is 17.5. The van der Waals surface area contributed by atoms with Crippen LogP contribution in [0.1, 0.15) is 51.4 Å². The molecule has 2 aromatic rings. The Bertz CT molecular complexity index is 770. The fourth-order valence-electron chi connectivity index (χ4n) is 4.65. The summed E-state index contributed by atoms with van der Waals surface area (Å²) in [5.74, 6) is 0.258. The first-order valence-electron chi connectivity index (χ1n) is 11.1. The molecule has 7 heteroatoms. The molecule has 2 aliphatic rings. The average Bonchev–Trinajstić information content (AvgIpc) is 3.21. The number of anilines is 1. The molecule has 6 nitrogen and oxygen atoms in total. The summed E-state index contributed by atoms with van der Waals surface area (Å²) in [6, 6.07) is 4.67. The number of carbonyl (C=O) groups is 1. The molecule has 29 heavy (non-hydrogen) atoms. The van der Waals surface area contributed by atoms with Crippen LogP contribution in [0.25, 0.3) is 10.3 Å². The second kappa shape index (κ2) is 9.85. The summed E-state index contributed by atoms with van der Waals surface area (Å²) in [5, 5.41) is 4.18. The van der Waals surface area contributed by atoms with Gasteiger partial charge in [0.25, 0.3) is 0 Å². The van der Waals surface area contributed by atoms with Crippen molar-refractivity contribution >= 4 is 32.7 Å². The summed E-state index contributed by atoms with van der Waals surface area (Å²) in [6.07, 6.45) is 11.6. The molecule has 3 heterocycles. The lowest BCUT2D eigenvalue weighted by Crippen LogP contribution is -2.43. The second-order valence-electron chi connectivity index (χ2n) is 8.53. The van der Waals surface area contributed by atoms with Crippen molar-refractivity contribution < 1.29 is 4.79 Å². The van der Waals surface area contributed by atoms with E-state index in [1.54, 1.807) is 11.3 Å². The van der Waals surface area contributed by atoms with Crippen LogP contribution in [-0.2, 0) is 4.79 Å². The van der Waals surface area contributed by atoms with Gasteiger partial charge in [0.05, 0.1) is 5.92 Å². The molecule has 0 aromatic carbocycles. The molecule has 4 rings (SSSR count). The number of fused-ring (bicyclic) bond motifs is 1. The van der Waals surface area contributed by atoms with E-state index >= 15 is 0 Å². The molecule has 2 aromatic heterocycles. The van der Waals surface area contributed by atoms with Crippen LogP contribution in [0.3, 0.4) is 0 Å². The van der Waals surface area contributed by atoms with Gasteiger partial charge in [-0.25, -0.2) is 9.97 Å². The van der Waals surface area contributed by atoms with Crippen molar-refractivity contribution in [2.45, 2.75) is 57.4 Å². The van der Waals surface area contributed by atoms with Crippen molar-refractivity contribution in [3.63, 3.8) is 0 Å². The number of nitrogens with one attached hydrogen (secondary N) is 1. The fourth-order valence-corrected chi connectivity index (χ4v) is 5.59. The van der Waals surface area contributed by atoms with E-state index < -0.39 is 0 Å². The molecule has 0 unspecified atom stereocenters. The first kappa shape index (κ1) is 20.5. The first-order valence-corrected chi connectivity index (χ1v) is 12.0. The SMILES string of the molecule is CN(CCCNC(=O)[C@@H]1CCCN(c2nc3cccnc3s2)C1)C1CCCCC1. The van der Waals surface area contributed by atoms with E-state index in [0.717, 1.165) is 67.0 Å². The number of thiazole rings is 1. The second-order valence-corrected chi connectivity index (χ2v) is 9.48. The van der Waals surface area contributed by atoms with Crippen molar-refractivity contribution in [2.75, 3.05) is 38.1 Å². The van der Waals surface area contributed by atoms with E-state index in [-0.39, 0.29) is 11.8 Å². The number of hydrogen-bond acceptors (Lipinski definition) is 6. The standard InChI is InChI=1S/C22H33N5OS/c1-26(18-9-3-2-4-10-18)14-7-13-23-20(28)17-8-6-15-27(16-17)22-25-19-11-5-12-24-21(19)29-22/h5,11-12,17-18H,2-4,6-10,13-16H2,1H3,(H,23,28)/t17-/m1/s1. The van der Waals surface area contributed by atoms with Crippen LogP contribution in [0.5, 0.6) is 0 Å². The van der Waals surface area contributed by atoms with Crippen LogP contribution in [-0.4, -0.2) is 60.0 Å². The Labute approximate surface area is 177 Å². The van der Waals surface area contributed by atoms with Crippen molar-refractivity contribution in [1.29, 1.82) is 0 Å². The Morgan fingerprint density at radius 1 is 1.28 bits per heavy atom. The third-order valence-electron chi connectivity index (χ3n) is 6.40. The van der Waals surface area contributed by atoms with Gasteiger partial charge in [-0.1, -0.05) is 30.6 Å². The van der Waals surface area contributed by atoms with Gasteiger partial charge in [0.15, 0.2) is 5.13 Å². The lowest BCUT2D eigenvalue weighted by molar-refractivity contribution is -0.125. The molecule has 0 bridgehead atoms. The summed E-state index contributed by atoms with van der Waals surface area (Å²) in [7, 11) is 2.24. The highest BCUT2D eigenvalue weighted by Gasteiger charge is 2.27. The summed E-state index contributed by atoms with van der Waals surface area (Å²) in [6.45, 7) is 3.57. The van der Waals surface area contributed by atoms with Gasteiger partial charge < -0.3 is 15.1 Å². The van der Waals surface area contributed by atoms with Crippen LogP contribution in [0.15, 0.2) is 18.3 Å². The van der Waals surface area contributed by atoms with Crippen molar-refractivity contribution in [3.8, 4) is 0 Å². The first-order chi connectivity index (χ1) is 14.2. The van der Waals surface area contributed by atoms with E-state index in [1.807, 2.05) is 18.3 Å². The summed E-state index contributed by atoms with van der Waals surface area (Å²) >= 11 is 1.62. The Balaban J connectivity index is 1.22. The maximum atomic E-state index is 12.7. The molecule has 158 valence electrons. The molecule has 1 saturated heterocycles. The maximum Gasteiger partial charge on any atom is 0.224 e. The third-order valence-corrected chi connectivity index (χ3v) is 7.44. The van der Waals surface area contributed by atoms with Gasteiger partial charge in [-0.15, -0.1) is 0 Å². The van der Waals surface area contributed by atoms with Crippen LogP contribution in [0, 0.1) is 5.92 Å². The Morgan fingerprint density at radius 2 is 2.14 bits per heavy atom. The zero-order chi connectivity index (χ0) is 20.1. The highest BCUT2D eigenvalue weighted by atomic mass is 32.1. The van der Waals surface area contributed by atoms with Gasteiger partial charge >= 0.3 is 0 Å². The van der Waals surface area contributed by atoms with Crippen molar-refractivity contribution in [3.05, 3.63) is 18.3 Å². The summed E-state index contributed by atoms with van der Waals surface area (Å²) < 4.78 is 0. The molecule has 0 radical (unpaired) electrons. The van der Waals surface area contributed by atoms with Crippen LogP contribution >= 0.6 is 11.3 Å². The van der Waals surface area contributed by atoms with Crippen LogP contribution < -0.4 is 10.2 Å². The molecule has 1 aliphatic carbocycles. The van der Waals surface area contributed by atoms with E-state index in [2.05, 4.69) is 27.1 Å². The van der Waals surface area contributed by atoms with Gasteiger partial charge in [0, 0.05) is 31.9 Å². The van der Waals surface area contributed by atoms with E-state index in [1.165, 1.54) is 32.1 Å². The van der Waals surface area contributed by atoms with Crippen LogP contribution in [0.4, 0.5) is 5.13 Å². The van der Waals surface area contributed by atoms with E-state index in [0.29, 0.717) is 0 Å². The normalized spacial score (nSPS) is 21.0. The van der Waals surface area contributed by atoms with Crippen molar-refractivity contribution in [1.82, 2.24) is 20.2 Å². The number of nitrogens with zero attached hydrogens (tertiary/aromatic N) is 4. The number of aromatic nitrogens is 2. The highest BCUT2D eigenvalue weighted by Crippen LogP contribution is 2.30. The molecule has 1 atom stereocenters. The largest absolute Gasteiger partial charge is 0.356 e. The Hall–Kier alpha value is -1.73. The lowest BCUT2D eigenvalue weighted by atomic mass is 9.94. The highest BCUT2D eigenvalue weighted by molar-refractivity contribution is 7.21. The number of carbonyl (C=O) groups excluding carboxylic acids is 1. The van der Waals surface area contributed by atoms with Gasteiger partial charge in [0.1, 0.15) is 10.3 Å². The molecule has 1 aliphatic heterocycles. The maximum absolute atomic E-state index is 12.7. The number of piperidine rings is 1. The molecular weight excluding hydrogens is 382 g/mol. The fraction of sp³-hybridized carbons (Fsp3) is 0.682. The Morgan fingerprint density at radius 3 is 2.97 bits per heavy atom. The zero-order valence-corrected chi connectivity index (χ0v) is 18.3. The lowest BCUT2D eigenvalue weighted by Gasteiger charge is -2.32. The van der Waals surface area contributed by atoms with Gasteiger partial charge in [-0.05, 0) is 57.8 Å². The van der Waals surface area contributed by atoms with Crippen LogP contribution in [0.2, 0.25) is 0 Å². The summed E-state index contributed by atoms with van der Waals surface area (Å²) in [5.41, 5.74) is 0.946.